The molecule has 2 aromatic rings. The van der Waals surface area contributed by atoms with Crippen LogP contribution < -0.4 is 9.47 Å². The second-order valence-electron chi connectivity index (χ2n) is 5.53. The van der Waals surface area contributed by atoms with E-state index in [0.717, 1.165) is 16.9 Å². The van der Waals surface area contributed by atoms with Crippen molar-refractivity contribution >= 4 is 23.2 Å². The van der Waals surface area contributed by atoms with Gasteiger partial charge in [0.25, 0.3) is 5.91 Å². The van der Waals surface area contributed by atoms with Crippen molar-refractivity contribution in [1.82, 2.24) is 4.90 Å². The maximum atomic E-state index is 12.7. The normalized spacial score (nSPS) is 16.1. The SMILES string of the molecule is COC(=O)C1c2ccsc2CCN1C(=O)COc1cccc(OC)c1. The highest BCUT2D eigenvalue weighted by Crippen LogP contribution is 2.34. The number of esters is 1. The summed E-state index contributed by atoms with van der Waals surface area (Å²) in [7, 11) is 2.90. The lowest BCUT2D eigenvalue weighted by molar-refractivity contribution is -0.154. The summed E-state index contributed by atoms with van der Waals surface area (Å²) in [5, 5.41) is 1.93. The molecule has 132 valence electrons. The zero-order valence-corrected chi connectivity index (χ0v) is 14.9. The van der Waals surface area contributed by atoms with Gasteiger partial charge in [-0.25, -0.2) is 4.79 Å². The number of carbonyl (C=O) groups is 2. The standard InChI is InChI=1S/C18H19NO5S/c1-22-12-4-3-5-13(10-12)24-11-16(20)19-8-6-15-14(7-9-25-15)17(19)18(21)23-2/h3-5,7,9-10,17H,6,8,11H2,1-2H3. The molecule has 1 aliphatic rings. The number of nitrogens with zero attached hydrogens (tertiary/aromatic N) is 1. The smallest absolute Gasteiger partial charge is 0.333 e. The zero-order chi connectivity index (χ0) is 17.8. The van der Waals surface area contributed by atoms with Gasteiger partial charge in [-0.2, -0.15) is 0 Å². The van der Waals surface area contributed by atoms with E-state index in [1.165, 1.54) is 12.0 Å². The molecule has 7 heteroatoms. The molecule has 3 rings (SSSR count). The van der Waals surface area contributed by atoms with Crippen molar-refractivity contribution in [3.05, 3.63) is 46.2 Å². The summed E-state index contributed by atoms with van der Waals surface area (Å²) in [6.07, 6.45) is 0.728. The molecule has 1 aromatic heterocycles. The lowest BCUT2D eigenvalue weighted by atomic mass is 10.00. The molecule has 6 nitrogen and oxygen atoms in total. The van der Waals surface area contributed by atoms with Gasteiger partial charge in [0.05, 0.1) is 14.2 Å². The van der Waals surface area contributed by atoms with E-state index in [1.54, 1.807) is 42.7 Å². The summed E-state index contributed by atoms with van der Waals surface area (Å²) in [6.45, 7) is 0.313. The molecule has 0 saturated carbocycles. The summed E-state index contributed by atoms with van der Waals surface area (Å²) in [5.74, 6) is 0.498. The predicted octanol–water partition coefficient (Wildman–Crippen LogP) is 2.43. The van der Waals surface area contributed by atoms with E-state index in [0.29, 0.717) is 18.0 Å². The molecule has 0 saturated heterocycles. The molecule has 0 aliphatic carbocycles. The molecule has 1 amide bonds. The van der Waals surface area contributed by atoms with Crippen LogP contribution in [0, 0.1) is 0 Å². The quantitative estimate of drug-likeness (QED) is 0.766. The van der Waals surface area contributed by atoms with Gasteiger partial charge >= 0.3 is 5.97 Å². The van der Waals surface area contributed by atoms with E-state index >= 15 is 0 Å². The van der Waals surface area contributed by atoms with Gasteiger partial charge in [0.1, 0.15) is 11.5 Å². The minimum absolute atomic E-state index is 0.153. The fraction of sp³-hybridized carbons (Fsp3) is 0.333. The number of methoxy groups -OCH3 is 2. The number of benzene rings is 1. The van der Waals surface area contributed by atoms with Gasteiger partial charge in [-0.15, -0.1) is 11.3 Å². The Bertz CT molecular complexity index is 772. The lowest BCUT2D eigenvalue weighted by Gasteiger charge is -2.33. The number of hydrogen-bond donors (Lipinski definition) is 0. The first-order valence-corrected chi connectivity index (χ1v) is 8.72. The average molecular weight is 361 g/mol. The van der Waals surface area contributed by atoms with Crippen molar-refractivity contribution in [2.45, 2.75) is 12.5 Å². The fourth-order valence-corrected chi connectivity index (χ4v) is 3.77. The lowest BCUT2D eigenvalue weighted by Crippen LogP contribution is -2.45. The highest BCUT2D eigenvalue weighted by Gasteiger charge is 2.37. The topological polar surface area (TPSA) is 65.1 Å². The van der Waals surface area contributed by atoms with E-state index in [2.05, 4.69) is 0 Å². The third-order valence-electron chi connectivity index (χ3n) is 4.11. The van der Waals surface area contributed by atoms with E-state index in [-0.39, 0.29) is 12.5 Å². The minimum Gasteiger partial charge on any atom is -0.497 e. The first-order chi connectivity index (χ1) is 12.1. The van der Waals surface area contributed by atoms with Crippen LogP contribution in [0.25, 0.3) is 0 Å². The van der Waals surface area contributed by atoms with Crippen molar-refractivity contribution in [3.8, 4) is 11.5 Å². The average Bonchev–Trinajstić information content (AvgIpc) is 3.13. The molecule has 0 spiro atoms. The Morgan fingerprint density at radius 2 is 2.04 bits per heavy atom. The summed E-state index contributed by atoms with van der Waals surface area (Å²) < 4.78 is 15.6. The first kappa shape index (κ1) is 17.3. The van der Waals surface area contributed by atoms with E-state index in [1.807, 2.05) is 11.4 Å². The van der Waals surface area contributed by atoms with Crippen LogP contribution in [0.5, 0.6) is 11.5 Å². The Hall–Kier alpha value is -2.54. The van der Waals surface area contributed by atoms with E-state index < -0.39 is 12.0 Å². The molecule has 0 bridgehead atoms. The maximum absolute atomic E-state index is 12.7. The first-order valence-electron chi connectivity index (χ1n) is 7.84. The maximum Gasteiger partial charge on any atom is 0.333 e. The molecule has 2 heterocycles. The van der Waals surface area contributed by atoms with E-state index in [9.17, 15) is 9.59 Å². The number of amides is 1. The molecular formula is C18H19NO5S. The number of carbonyl (C=O) groups excluding carboxylic acids is 2. The Labute approximate surface area is 149 Å². The molecule has 1 aromatic carbocycles. The van der Waals surface area contributed by atoms with Gasteiger partial charge in [0.2, 0.25) is 0 Å². The van der Waals surface area contributed by atoms with Crippen molar-refractivity contribution < 1.29 is 23.8 Å². The second kappa shape index (κ2) is 7.57. The number of thiophene rings is 1. The second-order valence-corrected chi connectivity index (χ2v) is 6.53. The highest BCUT2D eigenvalue weighted by molar-refractivity contribution is 7.10. The van der Waals surface area contributed by atoms with Crippen LogP contribution in [0.4, 0.5) is 0 Å². The van der Waals surface area contributed by atoms with Crippen LogP contribution in [0.2, 0.25) is 0 Å². The van der Waals surface area contributed by atoms with Gasteiger partial charge in [-0.3, -0.25) is 4.79 Å². The number of hydrogen-bond acceptors (Lipinski definition) is 6. The van der Waals surface area contributed by atoms with Crippen molar-refractivity contribution in [1.29, 1.82) is 0 Å². The Morgan fingerprint density at radius 1 is 1.24 bits per heavy atom. The predicted molar refractivity (Wildman–Crippen MR) is 93.0 cm³/mol. The Kier molecular flexibility index (Phi) is 5.23. The molecule has 0 radical (unpaired) electrons. The van der Waals surface area contributed by atoms with Crippen LogP contribution in [0.15, 0.2) is 35.7 Å². The highest BCUT2D eigenvalue weighted by atomic mass is 32.1. The van der Waals surface area contributed by atoms with Gasteiger partial charge in [0.15, 0.2) is 12.6 Å². The zero-order valence-electron chi connectivity index (χ0n) is 14.1. The summed E-state index contributed by atoms with van der Waals surface area (Å²) in [4.78, 5) is 27.5. The number of fused-ring (bicyclic) bond motifs is 1. The molecular weight excluding hydrogens is 342 g/mol. The van der Waals surface area contributed by atoms with Gasteiger partial charge in [0, 0.05) is 17.5 Å². The van der Waals surface area contributed by atoms with Crippen molar-refractivity contribution in [3.63, 3.8) is 0 Å². The Balaban J connectivity index is 1.73. The molecule has 1 aliphatic heterocycles. The molecule has 1 atom stereocenters. The van der Waals surface area contributed by atoms with Crippen molar-refractivity contribution in [2.24, 2.45) is 0 Å². The summed E-state index contributed by atoms with van der Waals surface area (Å²) in [6, 6.07) is 8.21. The Morgan fingerprint density at radius 3 is 2.80 bits per heavy atom. The summed E-state index contributed by atoms with van der Waals surface area (Å²) in [5.41, 5.74) is 0.845. The van der Waals surface area contributed by atoms with Crippen molar-refractivity contribution in [2.75, 3.05) is 27.4 Å². The van der Waals surface area contributed by atoms with Gasteiger partial charge in [-0.05, 0) is 35.6 Å². The largest absolute Gasteiger partial charge is 0.497 e. The van der Waals surface area contributed by atoms with Crippen LogP contribution in [-0.2, 0) is 20.7 Å². The van der Waals surface area contributed by atoms with E-state index in [4.69, 9.17) is 14.2 Å². The number of rotatable bonds is 5. The van der Waals surface area contributed by atoms with Gasteiger partial charge in [-0.1, -0.05) is 6.07 Å². The fourth-order valence-electron chi connectivity index (χ4n) is 2.87. The molecule has 0 fully saturated rings. The van der Waals surface area contributed by atoms with Crippen LogP contribution >= 0.6 is 11.3 Å². The third-order valence-corrected chi connectivity index (χ3v) is 5.11. The van der Waals surface area contributed by atoms with Crippen LogP contribution in [0.1, 0.15) is 16.5 Å². The van der Waals surface area contributed by atoms with Gasteiger partial charge < -0.3 is 19.1 Å². The molecule has 25 heavy (non-hydrogen) atoms. The van der Waals surface area contributed by atoms with Crippen LogP contribution in [0.3, 0.4) is 0 Å². The minimum atomic E-state index is -0.707. The number of ether oxygens (including phenoxy) is 3. The molecule has 1 unspecified atom stereocenters. The monoisotopic (exact) mass is 361 g/mol. The van der Waals surface area contributed by atoms with Crippen LogP contribution in [-0.4, -0.2) is 44.1 Å². The third kappa shape index (κ3) is 3.61. The molecule has 0 N–H and O–H groups in total. The summed E-state index contributed by atoms with van der Waals surface area (Å²) >= 11 is 1.59.